The predicted molar refractivity (Wildman–Crippen MR) is 94.9 cm³/mol. The van der Waals surface area contributed by atoms with Crippen molar-refractivity contribution in [2.75, 3.05) is 6.61 Å². The number of carbonyl (C=O) groups is 2. The minimum atomic E-state index is -1.65. The van der Waals surface area contributed by atoms with Crippen LogP contribution in [0, 0.1) is 0 Å². The van der Waals surface area contributed by atoms with Crippen molar-refractivity contribution in [3.8, 4) is 0 Å². The van der Waals surface area contributed by atoms with Gasteiger partial charge in [-0.25, -0.2) is 4.79 Å². The molecule has 0 aromatic carbocycles. The van der Waals surface area contributed by atoms with Gasteiger partial charge in [0.15, 0.2) is 0 Å². The van der Waals surface area contributed by atoms with E-state index in [1.807, 2.05) is 0 Å². The van der Waals surface area contributed by atoms with Gasteiger partial charge in [-0.15, -0.1) is 0 Å². The van der Waals surface area contributed by atoms with Gasteiger partial charge < -0.3 is 15.3 Å². The Morgan fingerprint density at radius 1 is 0.875 bits per heavy atom. The zero-order valence-corrected chi connectivity index (χ0v) is 15.0. The van der Waals surface area contributed by atoms with Crippen molar-refractivity contribution in [2.45, 2.75) is 90.1 Å². The predicted octanol–water partition coefficient (Wildman–Crippen LogP) is 3.62. The van der Waals surface area contributed by atoms with Gasteiger partial charge in [-0.2, -0.15) is 0 Å². The Kier molecular flexibility index (Phi) is 14.6. The summed E-state index contributed by atoms with van der Waals surface area (Å²) < 4.78 is 0. The molecule has 1 atom stereocenters. The monoisotopic (exact) mass is 342 g/mol. The van der Waals surface area contributed by atoms with Gasteiger partial charge in [0.2, 0.25) is 5.78 Å². The molecule has 3 N–H and O–H groups in total. The number of Topliss-reactive ketones (excluding diaryl/α,β-unsaturated/α-hetero) is 1. The summed E-state index contributed by atoms with van der Waals surface area (Å²) in [4.78, 5) is 22.6. The van der Waals surface area contributed by atoms with Crippen LogP contribution in [0.25, 0.3) is 0 Å². The fourth-order valence-electron chi connectivity index (χ4n) is 2.61. The lowest BCUT2D eigenvalue weighted by atomic mass is 10.0. The SMILES string of the molecule is CCCCCCCCCCCCC/C=C(/C(=O)O)C(=O)C(O)CO. The molecule has 1 unspecified atom stereocenters. The van der Waals surface area contributed by atoms with E-state index < -0.39 is 30.0 Å². The van der Waals surface area contributed by atoms with Gasteiger partial charge in [-0.05, 0) is 12.8 Å². The minimum Gasteiger partial charge on any atom is -0.478 e. The Morgan fingerprint density at radius 3 is 1.75 bits per heavy atom. The van der Waals surface area contributed by atoms with Crippen molar-refractivity contribution in [1.29, 1.82) is 0 Å². The van der Waals surface area contributed by atoms with Gasteiger partial charge in [0.1, 0.15) is 11.7 Å². The van der Waals surface area contributed by atoms with Gasteiger partial charge >= 0.3 is 5.97 Å². The first-order chi connectivity index (χ1) is 11.5. The number of carboxylic acid groups (broad SMARTS) is 1. The third-order valence-corrected chi connectivity index (χ3v) is 4.13. The highest BCUT2D eigenvalue weighted by molar-refractivity contribution is 6.18. The average molecular weight is 342 g/mol. The van der Waals surface area contributed by atoms with Crippen LogP contribution in [-0.2, 0) is 9.59 Å². The van der Waals surface area contributed by atoms with Crippen LogP contribution in [0.1, 0.15) is 84.0 Å². The zero-order chi connectivity index (χ0) is 18.2. The molecule has 0 aromatic heterocycles. The Balaban J connectivity index is 3.75. The summed E-state index contributed by atoms with van der Waals surface area (Å²) in [6, 6.07) is 0. The minimum absolute atomic E-state index is 0.427. The number of hydrogen-bond donors (Lipinski definition) is 3. The van der Waals surface area contributed by atoms with Crippen molar-refractivity contribution in [2.24, 2.45) is 0 Å². The Hall–Kier alpha value is -1.20. The third-order valence-electron chi connectivity index (χ3n) is 4.13. The summed E-state index contributed by atoms with van der Waals surface area (Å²) in [5.41, 5.74) is -0.427. The van der Waals surface area contributed by atoms with Crippen molar-refractivity contribution in [3.63, 3.8) is 0 Å². The molecule has 5 nitrogen and oxygen atoms in total. The fraction of sp³-hybridized carbons (Fsp3) is 0.789. The molecule has 5 heteroatoms. The van der Waals surface area contributed by atoms with Gasteiger partial charge in [0.05, 0.1) is 6.61 Å². The molecule has 0 aliphatic rings. The maximum absolute atomic E-state index is 11.6. The number of carbonyl (C=O) groups excluding carboxylic acids is 1. The molecule has 0 aliphatic heterocycles. The lowest BCUT2D eigenvalue weighted by molar-refractivity contribution is -0.136. The third kappa shape index (κ3) is 11.4. The van der Waals surface area contributed by atoms with Crippen LogP contribution in [0.3, 0.4) is 0 Å². The van der Waals surface area contributed by atoms with Gasteiger partial charge in [-0.3, -0.25) is 4.79 Å². The van der Waals surface area contributed by atoms with Crippen LogP contribution in [0.2, 0.25) is 0 Å². The quantitative estimate of drug-likeness (QED) is 0.172. The topological polar surface area (TPSA) is 94.8 Å². The first-order valence-electron chi connectivity index (χ1n) is 9.31. The van der Waals surface area contributed by atoms with Crippen molar-refractivity contribution in [1.82, 2.24) is 0 Å². The first kappa shape index (κ1) is 22.8. The Morgan fingerprint density at radius 2 is 1.33 bits per heavy atom. The fourth-order valence-corrected chi connectivity index (χ4v) is 2.61. The van der Waals surface area contributed by atoms with Gasteiger partial charge in [0, 0.05) is 0 Å². The van der Waals surface area contributed by atoms with Crippen LogP contribution in [0.5, 0.6) is 0 Å². The second-order valence-corrected chi connectivity index (χ2v) is 6.31. The molecule has 0 saturated heterocycles. The number of aliphatic carboxylic acids is 1. The molecule has 0 aromatic rings. The number of hydrogen-bond acceptors (Lipinski definition) is 4. The van der Waals surface area contributed by atoms with Crippen molar-refractivity contribution < 1.29 is 24.9 Å². The summed E-state index contributed by atoms with van der Waals surface area (Å²) >= 11 is 0. The second kappa shape index (κ2) is 15.3. The highest BCUT2D eigenvalue weighted by Gasteiger charge is 2.23. The Labute approximate surface area is 145 Å². The maximum Gasteiger partial charge on any atom is 0.339 e. The molecule has 0 fully saturated rings. The van der Waals surface area contributed by atoms with Crippen LogP contribution in [-0.4, -0.2) is 39.8 Å². The number of ketones is 1. The molecule has 140 valence electrons. The molecule has 0 aliphatic carbocycles. The van der Waals surface area contributed by atoms with Crippen LogP contribution >= 0.6 is 0 Å². The number of carboxylic acids is 1. The average Bonchev–Trinajstić information content (AvgIpc) is 2.57. The van der Waals surface area contributed by atoms with E-state index in [0.29, 0.717) is 6.42 Å². The van der Waals surface area contributed by atoms with E-state index in [2.05, 4.69) is 6.92 Å². The molecule has 0 rings (SSSR count). The number of aliphatic hydroxyl groups is 2. The molecule has 0 radical (unpaired) electrons. The normalized spacial score (nSPS) is 13.0. The maximum atomic E-state index is 11.6. The van der Waals surface area contributed by atoms with Crippen molar-refractivity contribution in [3.05, 3.63) is 11.6 Å². The Bertz CT molecular complexity index is 376. The van der Waals surface area contributed by atoms with Crippen LogP contribution in [0.4, 0.5) is 0 Å². The molecule has 0 spiro atoms. The molecule has 0 heterocycles. The van der Waals surface area contributed by atoms with E-state index in [0.717, 1.165) is 19.3 Å². The molecule has 0 bridgehead atoms. The molecular formula is C19H34O5. The van der Waals surface area contributed by atoms with E-state index in [9.17, 15) is 14.7 Å². The van der Waals surface area contributed by atoms with E-state index in [-0.39, 0.29) is 0 Å². The molecule has 0 saturated carbocycles. The van der Waals surface area contributed by atoms with Gasteiger partial charge in [0.25, 0.3) is 0 Å². The number of allylic oxidation sites excluding steroid dienone is 1. The van der Waals surface area contributed by atoms with Crippen molar-refractivity contribution >= 4 is 11.8 Å². The van der Waals surface area contributed by atoms with E-state index in [1.54, 1.807) is 0 Å². The second-order valence-electron chi connectivity index (χ2n) is 6.31. The van der Waals surface area contributed by atoms with E-state index >= 15 is 0 Å². The van der Waals surface area contributed by atoms with Gasteiger partial charge in [-0.1, -0.05) is 77.2 Å². The van der Waals surface area contributed by atoms with Crippen LogP contribution in [0.15, 0.2) is 11.6 Å². The summed E-state index contributed by atoms with van der Waals surface area (Å²) in [6.45, 7) is 1.46. The lowest BCUT2D eigenvalue weighted by Gasteiger charge is -2.06. The summed E-state index contributed by atoms with van der Waals surface area (Å²) in [5.74, 6) is -2.27. The number of unbranched alkanes of at least 4 members (excludes halogenated alkanes) is 11. The highest BCUT2D eigenvalue weighted by Crippen LogP contribution is 2.13. The number of rotatable bonds is 16. The van der Waals surface area contributed by atoms with E-state index in [1.165, 1.54) is 57.4 Å². The summed E-state index contributed by atoms with van der Waals surface area (Å²) in [5, 5.41) is 26.9. The largest absolute Gasteiger partial charge is 0.478 e. The standard InChI is InChI=1S/C19H34O5/c1-2-3-4-5-6-7-8-9-10-11-12-13-14-16(19(23)24)18(22)17(21)15-20/h14,17,20-21H,2-13,15H2,1H3,(H,23,24)/b16-14+. The zero-order valence-electron chi connectivity index (χ0n) is 15.0. The van der Waals surface area contributed by atoms with E-state index in [4.69, 9.17) is 10.2 Å². The summed E-state index contributed by atoms with van der Waals surface area (Å²) in [7, 11) is 0. The molecule has 0 amide bonds. The number of aliphatic hydroxyl groups excluding tert-OH is 2. The first-order valence-corrected chi connectivity index (χ1v) is 9.31. The highest BCUT2D eigenvalue weighted by atomic mass is 16.4. The molecule has 24 heavy (non-hydrogen) atoms. The van der Waals surface area contributed by atoms with Crippen LogP contribution < -0.4 is 0 Å². The lowest BCUT2D eigenvalue weighted by Crippen LogP contribution is -2.28. The molecular weight excluding hydrogens is 308 g/mol. The smallest absolute Gasteiger partial charge is 0.339 e. The summed E-state index contributed by atoms with van der Waals surface area (Å²) in [6.07, 6.45) is 13.5.